The first-order chi connectivity index (χ1) is 11.4. The molecule has 1 atom stereocenters. The minimum atomic E-state index is -4.60. The second-order valence-electron chi connectivity index (χ2n) is 5.65. The molecule has 3 rings (SSSR count). The second kappa shape index (κ2) is 6.29. The maximum atomic E-state index is 12.8. The zero-order valence-electron chi connectivity index (χ0n) is 12.7. The normalized spacial score (nSPS) is 20.9. The molecule has 1 aromatic rings. The predicted molar refractivity (Wildman–Crippen MR) is 74.1 cm³/mol. The Hall–Kier alpha value is -2.33. The Balaban J connectivity index is 1.70. The fourth-order valence-electron chi connectivity index (χ4n) is 2.96. The summed E-state index contributed by atoms with van der Waals surface area (Å²) in [5.41, 5.74) is 0. The molecule has 1 fully saturated rings. The van der Waals surface area contributed by atoms with Gasteiger partial charge in [0.1, 0.15) is 12.4 Å². The Kier molecular flexibility index (Phi) is 4.33. The molecule has 0 N–H and O–H groups in total. The van der Waals surface area contributed by atoms with Crippen molar-refractivity contribution >= 4 is 17.9 Å². The molecule has 0 aliphatic carbocycles. The number of carbonyl (C=O) groups excluding carboxylic acids is 2. The van der Waals surface area contributed by atoms with Gasteiger partial charge in [0.2, 0.25) is 5.95 Å². The van der Waals surface area contributed by atoms with Gasteiger partial charge in [0, 0.05) is 19.6 Å². The van der Waals surface area contributed by atoms with Gasteiger partial charge >= 0.3 is 12.3 Å². The Morgan fingerprint density at radius 3 is 2.79 bits per heavy atom. The molecule has 2 amide bonds. The Labute approximate surface area is 135 Å². The van der Waals surface area contributed by atoms with Crippen LogP contribution >= 0.6 is 0 Å². The molecule has 132 valence electrons. The molecule has 3 heterocycles. The molecular formula is C13H16F3N5O3. The monoisotopic (exact) mass is 347 g/mol. The van der Waals surface area contributed by atoms with E-state index in [1.165, 1.54) is 11.2 Å². The van der Waals surface area contributed by atoms with Crippen molar-refractivity contribution in [2.45, 2.75) is 38.0 Å². The van der Waals surface area contributed by atoms with E-state index in [-0.39, 0.29) is 12.5 Å². The molecule has 11 heteroatoms. The summed E-state index contributed by atoms with van der Waals surface area (Å²) in [6, 6.07) is -0.839. The molecule has 0 saturated carbocycles. The van der Waals surface area contributed by atoms with E-state index in [1.807, 2.05) is 0 Å². The van der Waals surface area contributed by atoms with Crippen LogP contribution in [0.2, 0.25) is 0 Å². The number of ether oxygens (including phenoxy) is 1. The summed E-state index contributed by atoms with van der Waals surface area (Å²) in [7, 11) is 0. The standard InChI is InChI=1S/C13H16F3N5O3/c14-13(15,16)7-24-12(23)19-4-1-3-9(19)10(22)20-5-2-6-21-11(20)17-8-18-21/h8-9H,1-7H2. The fraction of sp³-hybridized carbons (Fsp3) is 0.692. The number of hydrogen-bond donors (Lipinski definition) is 0. The summed E-state index contributed by atoms with van der Waals surface area (Å²) in [6.45, 7) is -0.407. The van der Waals surface area contributed by atoms with E-state index < -0.39 is 24.9 Å². The van der Waals surface area contributed by atoms with E-state index in [0.29, 0.717) is 38.3 Å². The number of likely N-dealkylation sites (tertiary alicyclic amines) is 1. The average molecular weight is 347 g/mol. The van der Waals surface area contributed by atoms with Gasteiger partial charge < -0.3 is 4.74 Å². The third-order valence-electron chi connectivity index (χ3n) is 3.99. The summed E-state index contributed by atoms with van der Waals surface area (Å²) in [5.74, 6) is 0.0205. The lowest BCUT2D eigenvalue weighted by molar-refractivity contribution is -0.162. The number of nitrogens with zero attached hydrogens (tertiary/aromatic N) is 5. The summed E-state index contributed by atoms with van der Waals surface area (Å²) in [6.07, 6.45) is -2.79. The van der Waals surface area contributed by atoms with E-state index in [1.54, 1.807) is 4.68 Å². The first-order valence-corrected chi connectivity index (χ1v) is 7.56. The summed E-state index contributed by atoms with van der Waals surface area (Å²) >= 11 is 0. The maximum Gasteiger partial charge on any atom is 0.422 e. The number of fused-ring (bicyclic) bond motifs is 1. The highest BCUT2D eigenvalue weighted by Crippen LogP contribution is 2.25. The number of rotatable bonds is 2. The topological polar surface area (TPSA) is 80.6 Å². The molecule has 1 aromatic heterocycles. The molecule has 1 unspecified atom stereocenters. The van der Waals surface area contributed by atoms with Gasteiger partial charge in [-0.3, -0.25) is 14.6 Å². The largest absolute Gasteiger partial charge is 0.440 e. The van der Waals surface area contributed by atoms with Gasteiger partial charge in [0.25, 0.3) is 5.91 Å². The highest BCUT2D eigenvalue weighted by molar-refractivity contribution is 5.97. The number of aryl methyl sites for hydroxylation is 1. The predicted octanol–water partition coefficient (Wildman–Crippen LogP) is 1.18. The minimum absolute atomic E-state index is 0.188. The SMILES string of the molecule is O=C(C1CCCN1C(=O)OCC(F)(F)F)N1CCCn2ncnc21. The number of carbonyl (C=O) groups is 2. The molecule has 24 heavy (non-hydrogen) atoms. The van der Waals surface area contributed by atoms with E-state index in [2.05, 4.69) is 14.8 Å². The van der Waals surface area contributed by atoms with Crippen LogP contribution in [0, 0.1) is 0 Å². The van der Waals surface area contributed by atoms with Crippen LogP contribution in [-0.4, -0.2) is 63.6 Å². The van der Waals surface area contributed by atoms with Crippen LogP contribution in [0.15, 0.2) is 6.33 Å². The van der Waals surface area contributed by atoms with E-state index >= 15 is 0 Å². The van der Waals surface area contributed by atoms with Crippen LogP contribution in [-0.2, 0) is 16.1 Å². The lowest BCUT2D eigenvalue weighted by atomic mass is 10.2. The van der Waals surface area contributed by atoms with Crippen LogP contribution in [0.4, 0.5) is 23.9 Å². The minimum Gasteiger partial charge on any atom is -0.440 e. The Bertz CT molecular complexity index is 633. The molecule has 0 radical (unpaired) electrons. The quantitative estimate of drug-likeness (QED) is 0.802. The van der Waals surface area contributed by atoms with Crippen LogP contribution in [0.3, 0.4) is 0 Å². The first-order valence-electron chi connectivity index (χ1n) is 7.56. The number of hydrogen-bond acceptors (Lipinski definition) is 5. The smallest absolute Gasteiger partial charge is 0.422 e. The average Bonchev–Trinajstić information content (AvgIpc) is 3.19. The van der Waals surface area contributed by atoms with E-state index in [0.717, 1.165) is 4.90 Å². The van der Waals surface area contributed by atoms with Gasteiger partial charge in [-0.05, 0) is 19.3 Å². The zero-order chi connectivity index (χ0) is 17.3. The number of alkyl halides is 3. The molecular weight excluding hydrogens is 331 g/mol. The summed E-state index contributed by atoms with van der Waals surface area (Å²) in [5, 5.41) is 4.01. The van der Waals surface area contributed by atoms with Crippen LogP contribution in [0.5, 0.6) is 0 Å². The van der Waals surface area contributed by atoms with Gasteiger partial charge in [-0.2, -0.15) is 23.3 Å². The third-order valence-corrected chi connectivity index (χ3v) is 3.99. The number of amides is 2. The second-order valence-corrected chi connectivity index (χ2v) is 5.65. The lowest BCUT2D eigenvalue weighted by Gasteiger charge is -2.31. The van der Waals surface area contributed by atoms with Crippen molar-refractivity contribution in [3.8, 4) is 0 Å². The van der Waals surface area contributed by atoms with Crippen molar-refractivity contribution in [3.63, 3.8) is 0 Å². The van der Waals surface area contributed by atoms with Crippen molar-refractivity contribution in [1.82, 2.24) is 19.7 Å². The van der Waals surface area contributed by atoms with Crippen LogP contribution in [0.25, 0.3) is 0 Å². The van der Waals surface area contributed by atoms with Crippen LogP contribution < -0.4 is 4.90 Å². The van der Waals surface area contributed by atoms with Crippen molar-refractivity contribution in [2.24, 2.45) is 0 Å². The van der Waals surface area contributed by atoms with Crippen LogP contribution in [0.1, 0.15) is 19.3 Å². The number of halogens is 3. The van der Waals surface area contributed by atoms with Gasteiger partial charge in [-0.25, -0.2) is 9.48 Å². The first kappa shape index (κ1) is 16.5. The maximum absolute atomic E-state index is 12.8. The molecule has 0 aromatic carbocycles. The van der Waals surface area contributed by atoms with E-state index in [4.69, 9.17) is 0 Å². The molecule has 0 spiro atoms. The highest BCUT2D eigenvalue weighted by Gasteiger charge is 2.40. The third kappa shape index (κ3) is 3.29. The van der Waals surface area contributed by atoms with E-state index in [9.17, 15) is 22.8 Å². The fourth-order valence-corrected chi connectivity index (χ4v) is 2.96. The Morgan fingerprint density at radius 1 is 1.25 bits per heavy atom. The lowest BCUT2D eigenvalue weighted by Crippen LogP contribution is -2.50. The van der Waals surface area contributed by atoms with Crippen molar-refractivity contribution < 1.29 is 27.5 Å². The highest BCUT2D eigenvalue weighted by atomic mass is 19.4. The summed E-state index contributed by atoms with van der Waals surface area (Å²) < 4.78 is 42.4. The van der Waals surface area contributed by atoms with Crippen molar-refractivity contribution in [2.75, 3.05) is 24.6 Å². The summed E-state index contributed by atoms with van der Waals surface area (Å²) in [4.78, 5) is 31.2. The van der Waals surface area contributed by atoms with Crippen molar-refractivity contribution in [3.05, 3.63) is 6.33 Å². The number of aromatic nitrogens is 3. The Morgan fingerprint density at radius 2 is 2.04 bits per heavy atom. The molecule has 1 saturated heterocycles. The van der Waals surface area contributed by atoms with Gasteiger partial charge in [-0.1, -0.05) is 0 Å². The zero-order valence-corrected chi connectivity index (χ0v) is 12.7. The van der Waals surface area contributed by atoms with Gasteiger partial charge in [-0.15, -0.1) is 0 Å². The van der Waals surface area contributed by atoms with Gasteiger partial charge in [0.15, 0.2) is 6.61 Å². The molecule has 2 aliphatic heterocycles. The van der Waals surface area contributed by atoms with Crippen molar-refractivity contribution in [1.29, 1.82) is 0 Å². The molecule has 2 aliphatic rings. The molecule has 8 nitrogen and oxygen atoms in total. The van der Waals surface area contributed by atoms with Gasteiger partial charge in [0.05, 0.1) is 0 Å². The number of anilines is 1. The molecule has 0 bridgehead atoms.